The van der Waals surface area contributed by atoms with Crippen molar-refractivity contribution in [1.29, 1.82) is 0 Å². The lowest BCUT2D eigenvalue weighted by Gasteiger charge is -2.15. The number of rotatable bonds is 5. The summed E-state index contributed by atoms with van der Waals surface area (Å²) in [4.78, 5) is 8.36. The third-order valence-corrected chi connectivity index (χ3v) is 5.91. The first-order chi connectivity index (χ1) is 12.9. The van der Waals surface area contributed by atoms with E-state index in [2.05, 4.69) is 14.7 Å². The number of nitrogens with one attached hydrogen (secondary N) is 1. The highest BCUT2D eigenvalue weighted by Crippen LogP contribution is 2.32. The van der Waals surface area contributed by atoms with E-state index in [-0.39, 0.29) is 5.03 Å². The molecule has 28 heavy (non-hydrogen) atoms. The van der Waals surface area contributed by atoms with Crippen LogP contribution in [0.1, 0.15) is 37.1 Å². The summed E-state index contributed by atoms with van der Waals surface area (Å²) in [6.45, 7) is 5.36. The number of aromatic nitrogens is 4. The van der Waals surface area contributed by atoms with E-state index < -0.39 is 27.8 Å². The normalized spacial score (nSPS) is 14.0. The maximum absolute atomic E-state index is 13.0. The highest BCUT2D eigenvalue weighted by Gasteiger charge is 2.31. The second-order valence-electron chi connectivity index (χ2n) is 6.50. The van der Waals surface area contributed by atoms with Crippen LogP contribution in [-0.2, 0) is 29.8 Å². The number of benzene rings is 1. The quantitative estimate of drug-likeness (QED) is 0.694. The van der Waals surface area contributed by atoms with Gasteiger partial charge in [-0.1, -0.05) is 0 Å². The first-order valence-corrected chi connectivity index (χ1v) is 10.0. The van der Waals surface area contributed by atoms with Crippen molar-refractivity contribution in [2.45, 2.75) is 44.6 Å². The molecule has 152 valence electrons. The summed E-state index contributed by atoms with van der Waals surface area (Å²) in [5.74, 6) is 0.863. The van der Waals surface area contributed by atoms with Crippen LogP contribution in [0.2, 0.25) is 0 Å². The smallest absolute Gasteiger partial charge is 0.337 e. The van der Waals surface area contributed by atoms with Crippen LogP contribution in [0, 0.1) is 6.92 Å². The highest BCUT2D eigenvalue weighted by atomic mass is 32.2. The van der Waals surface area contributed by atoms with E-state index in [9.17, 15) is 21.6 Å². The van der Waals surface area contributed by atoms with E-state index in [1.165, 1.54) is 12.3 Å². The lowest BCUT2D eigenvalue weighted by molar-refractivity contribution is -0.137. The minimum atomic E-state index is -4.47. The number of alkyl halides is 3. The van der Waals surface area contributed by atoms with Crippen LogP contribution in [0.5, 0.6) is 0 Å². The standard InChI is InChI=1S/C17H20F3N5O2S/c1-5-25-14-8-12(17(18,19)20)6-7-13(14)22-16(25)10(2)23-28(26,27)15-9-24(4)11(3)21-15/h6-10,23H,5H2,1-4H3/t10-/m1/s1. The zero-order valence-electron chi connectivity index (χ0n) is 15.7. The molecule has 1 aromatic carbocycles. The Bertz CT molecular complexity index is 1110. The Balaban J connectivity index is 2.00. The fourth-order valence-corrected chi connectivity index (χ4v) is 4.22. The molecule has 3 rings (SSSR count). The van der Waals surface area contributed by atoms with Crippen molar-refractivity contribution < 1.29 is 21.6 Å². The Labute approximate surface area is 160 Å². The predicted molar refractivity (Wildman–Crippen MR) is 97.1 cm³/mol. The Morgan fingerprint density at radius 3 is 2.46 bits per heavy atom. The molecular weight excluding hydrogens is 395 g/mol. The second kappa shape index (κ2) is 6.89. The van der Waals surface area contributed by atoms with Gasteiger partial charge in [-0.05, 0) is 39.0 Å². The summed E-state index contributed by atoms with van der Waals surface area (Å²) in [5.41, 5.74) is -0.116. The van der Waals surface area contributed by atoms with E-state index >= 15 is 0 Å². The van der Waals surface area contributed by atoms with E-state index in [0.29, 0.717) is 29.2 Å². The maximum Gasteiger partial charge on any atom is 0.416 e. The Hall–Kier alpha value is -2.40. The number of hydrogen-bond acceptors (Lipinski definition) is 4. The minimum absolute atomic E-state index is 0.127. The van der Waals surface area contributed by atoms with Crippen molar-refractivity contribution in [3.8, 4) is 0 Å². The molecule has 0 saturated carbocycles. The molecular formula is C17H20F3N5O2S. The number of hydrogen-bond donors (Lipinski definition) is 1. The van der Waals surface area contributed by atoms with Gasteiger partial charge in [-0.15, -0.1) is 0 Å². The Morgan fingerprint density at radius 1 is 1.25 bits per heavy atom. The van der Waals surface area contributed by atoms with Gasteiger partial charge in [0.05, 0.1) is 22.6 Å². The number of sulfonamides is 1. The van der Waals surface area contributed by atoms with Crippen molar-refractivity contribution in [2.75, 3.05) is 0 Å². The molecule has 0 aliphatic heterocycles. The molecule has 1 N–H and O–H groups in total. The van der Waals surface area contributed by atoms with E-state index in [4.69, 9.17) is 0 Å². The van der Waals surface area contributed by atoms with Gasteiger partial charge in [0.1, 0.15) is 11.6 Å². The molecule has 0 spiro atoms. The van der Waals surface area contributed by atoms with Crippen molar-refractivity contribution in [1.82, 2.24) is 23.8 Å². The van der Waals surface area contributed by atoms with Gasteiger partial charge in [-0.2, -0.15) is 17.9 Å². The average Bonchev–Trinajstić information content (AvgIpc) is 3.13. The van der Waals surface area contributed by atoms with Gasteiger partial charge in [-0.25, -0.2) is 18.4 Å². The van der Waals surface area contributed by atoms with E-state index in [0.717, 1.165) is 12.1 Å². The third kappa shape index (κ3) is 3.63. The van der Waals surface area contributed by atoms with E-state index in [1.807, 2.05) is 0 Å². The minimum Gasteiger partial charge on any atom is -0.337 e. The first-order valence-electron chi connectivity index (χ1n) is 8.53. The van der Waals surface area contributed by atoms with Gasteiger partial charge in [0.2, 0.25) is 0 Å². The van der Waals surface area contributed by atoms with Crippen LogP contribution < -0.4 is 4.72 Å². The fourth-order valence-electron chi connectivity index (χ4n) is 2.98. The van der Waals surface area contributed by atoms with Gasteiger partial charge in [0, 0.05) is 19.8 Å². The zero-order valence-corrected chi connectivity index (χ0v) is 16.6. The van der Waals surface area contributed by atoms with Crippen LogP contribution in [0.3, 0.4) is 0 Å². The summed E-state index contributed by atoms with van der Waals surface area (Å²) in [6.07, 6.45) is -3.08. The molecule has 1 atom stereocenters. The summed E-state index contributed by atoms with van der Waals surface area (Å²) in [6, 6.07) is 2.51. The van der Waals surface area contributed by atoms with Crippen LogP contribution in [0.15, 0.2) is 29.4 Å². The largest absolute Gasteiger partial charge is 0.416 e. The summed E-state index contributed by atoms with van der Waals surface area (Å²) in [5, 5.41) is -0.127. The predicted octanol–water partition coefficient (Wildman–Crippen LogP) is 3.16. The molecule has 0 unspecified atom stereocenters. The maximum atomic E-state index is 13.0. The number of fused-ring (bicyclic) bond motifs is 1. The molecule has 0 aliphatic rings. The molecule has 3 aromatic rings. The molecule has 0 aliphatic carbocycles. The van der Waals surface area contributed by atoms with Gasteiger partial charge in [-0.3, -0.25) is 0 Å². The van der Waals surface area contributed by atoms with Crippen molar-refractivity contribution >= 4 is 21.1 Å². The van der Waals surface area contributed by atoms with Gasteiger partial charge >= 0.3 is 6.18 Å². The van der Waals surface area contributed by atoms with Gasteiger partial charge in [0.15, 0.2) is 5.03 Å². The number of halogens is 3. The number of nitrogens with zero attached hydrogens (tertiary/aromatic N) is 4. The van der Waals surface area contributed by atoms with Crippen LogP contribution in [0.25, 0.3) is 11.0 Å². The number of aryl methyl sites for hydroxylation is 3. The molecule has 2 heterocycles. The Morgan fingerprint density at radius 2 is 1.93 bits per heavy atom. The fraction of sp³-hybridized carbons (Fsp3) is 0.412. The molecule has 7 nitrogen and oxygen atoms in total. The molecule has 0 radical (unpaired) electrons. The molecule has 11 heteroatoms. The molecule has 0 amide bonds. The SMILES string of the molecule is CCn1c([C@@H](C)NS(=O)(=O)c2cn(C)c(C)n2)nc2ccc(C(F)(F)F)cc21. The van der Waals surface area contributed by atoms with Crippen molar-refractivity contribution in [3.63, 3.8) is 0 Å². The first kappa shape index (κ1) is 20.3. The molecule has 0 fully saturated rings. The zero-order chi connectivity index (χ0) is 20.9. The average molecular weight is 415 g/mol. The molecule has 2 aromatic heterocycles. The van der Waals surface area contributed by atoms with Crippen LogP contribution >= 0.6 is 0 Å². The van der Waals surface area contributed by atoms with Crippen molar-refractivity contribution in [2.24, 2.45) is 7.05 Å². The summed E-state index contributed by atoms with van der Waals surface area (Å²) >= 11 is 0. The summed E-state index contributed by atoms with van der Waals surface area (Å²) in [7, 11) is -2.24. The van der Waals surface area contributed by atoms with Crippen LogP contribution in [0.4, 0.5) is 13.2 Å². The highest BCUT2D eigenvalue weighted by molar-refractivity contribution is 7.89. The lowest BCUT2D eigenvalue weighted by atomic mass is 10.2. The van der Waals surface area contributed by atoms with Gasteiger partial charge < -0.3 is 9.13 Å². The Kier molecular flexibility index (Phi) is 5.00. The summed E-state index contributed by atoms with van der Waals surface area (Å²) < 4.78 is 70.0. The third-order valence-electron chi connectivity index (χ3n) is 4.50. The lowest BCUT2D eigenvalue weighted by Crippen LogP contribution is -2.29. The van der Waals surface area contributed by atoms with Gasteiger partial charge in [0.25, 0.3) is 10.0 Å². The molecule has 0 saturated heterocycles. The van der Waals surface area contributed by atoms with E-state index in [1.54, 1.807) is 37.0 Å². The monoisotopic (exact) mass is 415 g/mol. The van der Waals surface area contributed by atoms with Crippen LogP contribution in [-0.4, -0.2) is 27.5 Å². The number of imidazole rings is 2. The second-order valence-corrected chi connectivity index (χ2v) is 8.16. The van der Waals surface area contributed by atoms with Crippen molar-refractivity contribution in [3.05, 3.63) is 41.6 Å². The molecule has 0 bridgehead atoms. The topological polar surface area (TPSA) is 81.8 Å².